The van der Waals surface area contributed by atoms with Gasteiger partial charge in [0, 0.05) is 12.1 Å². The van der Waals surface area contributed by atoms with Crippen molar-refractivity contribution in [2.45, 2.75) is 71.5 Å². The molecule has 1 aliphatic carbocycles. The number of hydrogen-bond acceptors (Lipinski definition) is 5. The number of nitrogens with zero attached hydrogens (tertiary/aromatic N) is 2. The van der Waals surface area contributed by atoms with Gasteiger partial charge < -0.3 is 14.6 Å². The summed E-state index contributed by atoms with van der Waals surface area (Å²) in [7, 11) is 1.49. The molecule has 0 radical (unpaired) electrons. The number of methoxy groups -OCH3 is 1. The molecule has 0 unspecified atom stereocenters. The number of aryl methyl sites for hydroxylation is 1. The molecule has 1 amide bonds. The lowest BCUT2D eigenvalue weighted by molar-refractivity contribution is -0.143. The molecular weight excluding hydrogens is 642 g/mol. The first-order valence-electron chi connectivity index (χ1n) is 15.2. The van der Waals surface area contributed by atoms with Gasteiger partial charge in [0.2, 0.25) is 0 Å². The predicted molar refractivity (Wildman–Crippen MR) is 164 cm³/mol. The standard InChI is InChI=1S/C35H34F6N2O5/c1-18-12-20(31(44)45)6-7-25(18)27-8-9-28(47-5)29(42-27)26-10-11-33(3,4)16-22(26)17-43-19(2)30(48-32(43)46)21-13-23(34(36,37)38)15-24(14-21)35(39,40)41/h6-9,12-15,19,30H,10-11,16-17H2,1-5H3,(H,44,45)/t19-,30-/m0/s1. The lowest BCUT2D eigenvalue weighted by Crippen LogP contribution is -2.35. The number of carbonyl (C=O) groups excluding carboxylic acids is 1. The van der Waals surface area contributed by atoms with Gasteiger partial charge in [0.1, 0.15) is 17.5 Å². The number of cyclic esters (lactones) is 1. The van der Waals surface area contributed by atoms with Crippen molar-refractivity contribution in [1.29, 1.82) is 0 Å². The summed E-state index contributed by atoms with van der Waals surface area (Å²) in [5, 5.41) is 9.38. The molecule has 2 aliphatic rings. The molecule has 0 saturated carbocycles. The molecule has 256 valence electrons. The fourth-order valence-corrected chi connectivity index (χ4v) is 6.42. The van der Waals surface area contributed by atoms with E-state index in [4.69, 9.17) is 14.5 Å². The minimum atomic E-state index is -5.05. The monoisotopic (exact) mass is 676 g/mol. The van der Waals surface area contributed by atoms with Crippen molar-refractivity contribution in [3.8, 4) is 17.0 Å². The zero-order valence-corrected chi connectivity index (χ0v) is 26.8. The van der Waals surface area contributed by atoms with E-state index < -0.39 is 53.3 Å². The van der Waals surface area contributed by atoms with Gasteiger partial charge in [-0.2, -0.15) is 26.3 Å². The largest absolute Gasteiger partial charge is 0.494 e. The number of ether oxygens (including phenoxy) is 2. The number of aromatic carboxylic acids is 1. The summed E-state index contributed by atoms with van der Waals surface area (Å²) in [6.07, 6.45) is -10.5. The molecule has 48 heavy (non-hydrogen) atoms. The van der Waals surface area contributed by atoms with Crippen LogP contribution in [0.15, 0.2) is 54.1 Å². The third-order valence-electron chi connectivity index (χ3n) is 8.98. The van der Waals surface area contributed by atoms with Crippen molar-refractivity contribution in [1.82, 2.24) is 9.88 Å². The topological polar surface area (TPSA) is 89.0 Å². The van der Waals surface area contributed by atoms with Crippen LogP contribution in [0.25, 0.3) is 16.8 Å². The molecule has 13 heteroatoms. The number of carboxylic acids is 1. The summed E-state index contributed by atoms with van der Waals surface area (Å²) in [4.78, 5) is 31.0. The van der Waals surface area contributed by atoms with Crippen molar-refractivity contribution in [2.75, 3.05) is 13.7 Å². The van der Waals surface area contributed by atoms with Crippen LogP contribution in [0.2, 0.25) is 0 Å². The Hall–Kier alpha value is -4.55. The first-order chi connectivity index (χ1) is 22.3. The lowest BCUT2D eigenvalue weighted by atomic mass is 9.73. The molecule has 2 atom stereocenters. The van der Waals surface area contributed by atoms with Gasteiger partial charge in [0.15, 0.2) is 0 Å². The van der Waals surface area contributed by atoms with E-state index in [1.807, 2.05) is 0 Å². The molecule has 1 fully saturated rings. The molecule has 3 aromatic rings. The Bertz CT molecular complexity index is 1760. The van der Waals surface area contributed by atoms with Crippen molar-refractivity contribution >= 4 is 17.6 Å². The van der Waals surface area contributed by atoms with Crippen LogP contribution in [0.4, 0.5) is 31.1 Å². The molecule has 2 heterocycles. The minimum Gasteiger partial charge on any atom is -0.494 e. The summed E-state index contributed by atoms with van der Waals surface area (Å²) < 4.78 is 92.7. The van der Waals surface area contributed by atoms with E-state index >= 15 is 0 Å². The molecule has 1 saturated heterocycles. The average Bonchev–Trinajstić information content (AvgIpc) is 3.27. The maximum atomic E-state index is 13.6. The zero-order valence-electron chi connectivity index (χ0n) is 26.8. The van der Waals surface area contributed by atoms with Crippen molar-refractivity contribution in [2.24, 2.45) is 5.41 Å². The first kappa shape index (κ1) is 34.8. The van der Waals surface area contributed by atoms with Crippen LogP contribution in [0, 0.1) is 12.3 Å². The van der Waals surface area contributed by atoms with Gasteiger partial charge in [-0.25, -0.2) is 14.6 Å². The van der Waals surface area contributed by atoms with Gasteiger partial charge in [-0.15, -0.1) is 0 Å². The van der Waals surface area contributed by atoms with Crippen LogP contribution in [-0.2, 0) is 17.1 Å². The Morgan fingerprint density at radius 3 is 2.25 bits per heavy atom. The van der Waals surface area contributed by atoms with E-state index in [1.165, 1.54) is 25.0 Å². The van der Waals surface area contributed by atoms with Crippen LogP contribution in [-0.4, -0.2) is 46.7 Å². The number of allylic oxidation sites excluding steroid dienone is 1. The fourth-order valence-electron chi connectivity index (χ4n) is 6.42. The highest BCUT2D eigenvalue weighted by molar-refractivity contribution is 5.89. The number of halogens is 6. The second-order valence-electron chi connectivity index (χ2n) is 13.0. The van der Waals surface area contributed by atoms with E-state index in [2.05, 4.69) is 13.8 Å². The molecule has 1 aromatic heterocycles. The van der Waals surface area contributed by atoms with Gasteiger partial charge in [0.25, 0.3) is 0 Å². The van der Waals surface area contributed by atoms with E-state index in [1.54, 1.807) is 31.2 Å². The second kappa shape index (κ2) is 12.5. The SMILES string of the molecule is COc1ccc(-c2ccc(C(=O)O)cc2C)nc1C1=C(CN2C(=O)O[C@H](c3cc(C(F)(F)F)cc(C(F)(F)F)c3)[C@@H]2C)CC(C)(C)CC1. The number of rotatable bonds is 7. The van der Waals surface area contributed by atoms with Gasteiger partial charge in [-0.3, -0.25) is 4.90 Å². The Labute approximate surface area is 273 Å². The van der Waals surface area contributed by atoms with Crippen LogP contribution in [0.3, 0.4) is 0 Å². The molecule has 0 spiro atoms. The first-order valence-corrected chi connectivity index (χ1v) is 15.2. The number of hydrogen-bond donors (Lipinski definition) is 1. The normalized spacial score (nSPS) is 19.8. The number of carbonyl (C=O) groups is 2. The molecule has 1 N–H and O–H groups in total. The minimum absolute atomic E-state index is 0.00174. The Morgan fingerprint density at radius 2 is 1.69 bits per heavy atom. The lowest BCUT2D eigenvalue weighted by Gasteiger charge is -2.35. The average molecular weight is 677 g/mol. The quantitative estimate of drug-likeness (QED) is 0.251. The number of carboxylic acid groups (broad SMARTS) is 1. The van der Waals surface area contributed by atoms with Crippen LogP contribution in [0.1, 0.15) is 84.4 Å². The highest BCUT2D eigenvalue weighted by Crippen LogP contribution is 2.46. The highest BCUT2D eigenvalue weighted by Gasteiger charge is 2.44. The third-order valence-corrected chi connectivity index (χ3v) is 8.98. The number of pyridine rings is 1. The summed E-state index contributed by atoms with van der Waals surface area (Å²) in [5.41, 5.74) is 0.656. The Balaban J connectivity index is 1.55. The van der Waals surface area contributed by atoms with Gasteiger partial charge in [-0.1, -0.05) is 19.9 Å². The van der Waals surface area contributed by atoms with Crippen molar-refractivity contribution in [3.63, 3.8) is 0 Å². The number of aromatic nitrogens is 1. The number of amides is 1. The van der Waals surface area contributed by atoms with Gasteiger partial charge in [0.05, 0.1) is 35.5 Å². The number of alkyl halides is 6. The molecule has 7 nitrogen and oxygen atoms in total. The van der Waals surface area contributed by atoms with E-state index in [9.17, 15) is 41.0 Å². The van der Waals surface area contributed by atoms with Gasteiger partial charge >= 0.3 is 24.4 Å². The Morgan fingerprint density at radius 1 is 1.04 bits per heavy atom. The Kier molecular flexibility index (Phi) is 9.04. The van der Waals surface area contributed by atoms with Crippen LogP contribution >= 0.6 is 0 Å². The molecule has 0 bridgehead atoms. The predicted octanol–water partition coefficient (Wildman–Crippen LogP) is 9.35. The highest BCUT2D eigenvalue weighted by atomic mass is 19.4. The molecular formula is C35H34F6N2O5. The molecule has 5 rings (SSSR count). The zero-order chi connectivity index (χ0) is 35.3. The summed E-state index contributed by atoms with van der Waals surface area (Å²) in [6, 6.07) is 8.54. The summed E-state index contributed by atoms with van der Waals surface area (Å²) in [5.74, 6) is -0.595. The van der Waals surface area contributed by atoms with E-state index in [-0.39, 0.29) is 23.6 Å². The van der Waals surface area contributed by atoms with Crippen molar-refractivity contribution in [3.05, 3.63) is 87.6 Å². The van der Waals surface area contributed by atoms with Crippen LogP contribution in [0.5, 0.6) is 5.75 Å². The maximum absolute atomic E-state index is 13.6. The fraction of sp³-hybridized carbons (Fsp3) is 0.400. The maximum Gasteiger partial charge on any atom is 0.416 e. The molecule has 1 aliphatic heterocycles. The van der Waals surface area contributed by atoms with Crippen molar-refractivity contribution < 1.29 is 50.5 Å². The molecule has 2 aromatic carbocycles. The van der Waals surface area contributed by atoms with E-state index in [0.717, 1.165) is 17.6 Å². The number of benzene rings is 2. The van der Waals surface area contributed by atoms with Crippen LogP contribution < -0.4 is 4.74 Å². The van der Waals surface area contributed by atoms with Gasteiger partial charge in [-0.05, 0) is 103 Å². The summed E-state index contributed by atoms with van der Waals surface area (Å²) in [6.45, 7) is 7.43. The summed E-state index contributed by atoms with van der Waals surface area (Å²) >= 11 is 0. The van der Waals surface area contributed by atoms with E-state index in [0.29, 0.717) is 53.2 Å². The second-order valence-corrected chi connectivity index (χ2v) is 13.0. The third kappa shape index (κ3) is 7.00. The smallest absolute Gasteiger partial charge is 0.416 e.